The maximum atomic E-state index is 10.3. The van der Waals surface area contributed by atoms with Crippen molar-refractivity contribution in [2.75, 3.05) is 26.4 Å². The monoisotopic (exact) mass is 528 g/mol. The average Bonchev–Trinajstić information content (AvgIpc) is 2.89. The summed E-state index contributed by atoms with van der Waals surface area (Å²) >= 11 is 0. The van der Waals surface area contributed by atoms with Crippen LogP contribution in [0.3, 0.4) is 0 Å². The van der Waals surface area contributed by atoms with Gasteiger partial charge >= 0.3 is 5.97 Å². The number of carboxylic acids is 1. The van der Waals surface area contributed by atoms with Crippen LogP contribution < -0.4 is 0 Å². The highest BCUT2D eigenvalue weighted by Gasteiger charge is 2.22. The summed E-state index contributed by atoms with van der Waals surface area (Å²) in [6.07, 6.45) is 15.0. The van der Waals surface area contributed by atoms with Gasteiger partial charge in [-0.2, -0.15) is 0 Å². The van der Waals surface area contributed by atoms with Crippen LogP contribution in [0.25, 0.3) is 0 Å². The second-order valence-corrected chi connectivity index (χ2v) is 9.10. The molecule has 0 amide bonds. The van der Waals surface area contributed by atoms with E-state index in [4.69, 9.17) is 46.0 Å². The molecule has 10 nitrogen and oxygen atoms in total. The Morgan fingerprint density at radius 1 is 0.528 bits per heavy atom. The Kier molecular flexibility index (Phi) is 35.5. The molecule has 2 atom stereocenters. The third-order valence-corrected chi connectivity index (χ3v) is 5.58. The highest BCUT2D eigenvalue weighted by Crippen LogP contribution is 2.13. The lowest BCUT2D eigenvalue weighted by atomic mass is 10.0. The molecule has 0 aromatic carbocycles. The first-order valence-corrected chi connectivity index (χ1v) is 13.6. The van der Waals surface area contributed by atoms with E-state index in [1.165, 1.54) is 83.5 Å². The fourth-order valence-electron chi connectivity index (χ4n) is 3.18. The molecule has 0 heterocycles. The van der Waals surface area contributed by atoms with Crippen LogP contribution in [-0.2, 0) is 4.79 Å². The van der Waals surface area contributed by atoms with Crippen LogP contribution in [0.15, 0.2) is 0 Å². The van der Waals surface area contributed by atoms with Crippen LogP contribution in [0, 0.1) is 0 Å². The first kappa shape index (κ1) is 39.7. The minimum absolute atomic E-state index is 0.345. The third kappa shape index (κ3) is 33.1. The zero-order valence-corrected chi connectivity index (χ0v) is 22.4. The molecule has 0 saturated carbocycles. The van der Waals surface area contributed by atoms with E-state index in [9.17, 15) is 4.79 Å². The lowest BCUT2D eigenvalue weighted by Gasteiger charge is -2.19. The van der Waals surface area contributed by atoms with Gasteiger partial charge in [0.15, 0.2) is 0 Å². The summed E-state index contributed by atoms with van der Waals surface area (Å²) in [5, 5.41) is 75.1. The molecule has 0 aromatic rings. The Balaban J connectivity index is -0.000000561. The lowest BCUT2D eigenvalue weighted by Crippen LogP contribution is -2.41. The van der Waals surface area contributed by atoms with Gasteiger partial charge in [0, 0.05) is 6.42 Å². The van der Waals surface area contributed by atoms with Crippen molar-refractivity contribution in [3.63, 3.8) is 0 Å². The fraction of sp³-hybridized carbons (Fsp3) is 0.962. The molecule has 0 rings (SSSR count). The highest BCUT2D eigenvalue weighted by atomic mass is 16.4. The van der Waals surface area contributed by atoms with Gasteiger partial charge in [0.05, 0.1) is 26.4 Å². The number of hydrogen-bond donors (Lipinski definition) is 9. The Bertz CT molecular complexity index is 412. The molecule has 0 aliphatic rings. The summed E-state index contributed by atoms with van der Waals surface area (Å²) in [6, 6.07) is 0. The summed E-state index contributed by atoms with van der Waals surface area (Å²) in [7, 11) is 0. The number of unbranched alkanes of at least 4 members (excludes halogenated alkanes) is 14. The normalized spacial score (nSPS) is 13.3. The molecule has 0 saturated heterocycles. The van der Waals surface area contributed by atoms with Crippen molar-refractivity contribution in [2.24, 2.45) is 0 Å². The Morgan fingerprint density at radius 2 is 0.833 bits per heavy atom. The molecule has 10 heteroatoms. The minimum atomic E-state index is -1.49. The standard InChI is InChI=1S/C18H36O2.C5H12O5.C3H8O3/c1-2-3-4-5-6-7-8-9-10-11-12-13-14-15-16-17-18(19)20;6-1-3(8)5(10)4(9)2-7;4-1-3(6)2-5/h2-17H2,1H3,(H,19,20);3-10H,1-2H2;3-6H,1-2H2. The van der Waals surface area contributed by atoms with Crippen molar-refractivity contribution in [3.05, 3.63) is 0 Å². The van der Waals surface area contributed by atoms with E-state index >= 15 is 0 Å². The van der Waals surface area contributed by atoms with Gasteiger partial charge in [-0.1, -0.05) is 96.8 Å². The van der Waals surface area contributed by atoms with E-state index in [2.05, 4.69) is 6.92 Å². The highest BCUT2D eigenvalue weighted by molar-refractivity contribution is 5.66. The third-order valence-electron chi connectivity index (χ3n) is 5.58. The summed E-state index contributed by atoms with van der Waals surface area (Å²) < 4.78 is 0. The quantitative estimate of drug-likeness (QED) is 0.0932. The first-order valence-electron chi connectivity index (χ1n) is 13.6. The van der Waals surface area contributed by atoms with Crippen molar-refractivity contribution < 1.29 is 50.8 Å². The van der Waals surface area contributed by atoms with Gasteiger partial charge in [0.1, 0.15) is 24.4 Å². The molecular weight excluding hydrogens is 472 g/mol. The fourth-order valence-corrected chi connectivity index (χ4v) is 3.18. The Hall–Kier alpha value is -0.850. The van der Waals surface area contributed by atoms with Gasteiger partial charge in [-0.3, -0.25) is 4.79 Å². The van der Waals surface area contributed by atoms with Crippen LogP contribution in [0.4, 0.5) is 0 Å². The Morgan fingerprint density at radius 3 is 1.06 bits per heavy atom. The topological polar surface area (TPSA) is 199 Å². The number of aliphatic carboxylic acids is 1. The molecule has 2 unspecified atom stereocenters. The summed E-state index contributed by atoms with van der Waals surface area (Å²) in [6.45, 7) is 0.260. The zero-order chi connectivity index (χ0) is 28.0. The van der Waals surface area contributed by atoms with E-state index in [1.54, 1.807) is 0 Å². The number of aliphatic hydroxyl groups excluding tert-OH is 8. The van der Waals surface area contributed by atoms with Crippen LogP contribution >= 0.6 is 0 Å². The van der Waals surface area contributed by atoms with E-state index < -0.39 is 43.6 Å². The molecule has 0 bridgehead atoms. The largest absolute Gasteiger partial charge is 0.481 e. The Labute approximate surface area is 217 Å². The van der Waals surface area contributed by atoms with Gasteiger partial charge in [0.25, 0.3) is 0 Å². The smallest absolute Gasteiger partial charge is 0.303 e. The number of carboxylic acid groups (broad SMARTS) is 1. The number of carbonyl (C=O) groups is 1. The van der Waals surface area contributed by atoms with Crippen LogP contribution in [0.1, 0.15) is 110 Å². The van der Waals surface area contributed by atoms with Crippen LogP contribution in [0.2, 0.25) is 0 Å². The minimum Gasteiger partial charge on any atom is -0.481 e. The van der Waals surface area contributed by atoms with E-state index in [0.717, 1.165) is 12.8 Å². The maximum Gasteiger partial charge on any atom is 0.303 e. The SMILES string of the molecule is CCCCCCCCCCCCCCCCCC(=O)O.OCC(O)C(O)C(O)CO.OCC(O)CO. The molecule has 0 aromatic heterocycles. The van der Waals surface area contributed by atoms with E-state index in [-0.39, 0.29) is 13.2 Å². The maximum absolute atomic E-state index is 10.3. The average molecular weight is 529 g/mol. The van der Waals surface area contributed by atoms with Gasteiger partial charge in [-0.25, -0.2) is 0 Å². The summed E-state index contributed by atoms with van der Waals surface area (Å²) in [5.74, 6) is -0.653. The predicted molar refractivity (Wildman–Crippen MR) is 140 cm³/mol. The summed E-state index contributed by atoms with van der Waals surface area (Å²) in [5.41, 5.74) is 0. The number of hydrogen-bond acceptors (Lipinski definition) is 9. The molecule has 0 aliphatic carbocycles. The van der Waals surface area contributed by atoms with Crippen LogP contribution in [-0.4, -0.2) is 103 Å². The molecule has 0 fully saturated rings. The van der Waals surface area contributed by atoms with Gasteiger partial charge < -0.3 is 46.0 Å². The van der Waals surface area contributed by atoms with Crippen molar-refractivity contribution in [2.45, 2.75) is 134 Å². The van der Waals surface area contributed by atoms with Crippen molar-refractivity contribution >= 4 is 5.97 Å². The van der Waals surface area contributed by atoms with Gasteiger partial charge in [-0.05, 0) is 6.42 Å². The molecule has 0 radical (unpaired) electrons. The molecule has 220 valence electrons. The molecular formula is C26H56O10. The molecule has 0 aliphatic heterocycles. The second kappa shape index (κ2) is 32.2. The first-order chi connectivity index (χ1) is 17.2. The second-order valence-electron chi connectivity index (χ2n) is 9.10. The molecule has 9 N–H and O–H groups in total. The van der Waals surface area contributed by atoms with E-state index in [1.807, 2.05) is 0 Å². The molecule has 36 heavy (non-hydrogen) atoms. The van der Waals surface area contributed by atoms with Crippen molar-refractivity contribution in [1.82, 2.24) is 0 Å². The van der Waals surface area contributed by atoms with Crippen molar-refractivity contribution in [1.29, 1.82) is 0 Å². The summed E-state index contributed by atoms with van der Waals surface area (Å²) in [4.78, 5) is 10.3. The predicted octanol–water partition coefficient (Wildman–Crippen LogP) is 1.72. The van der Waals surface area contributed by atoms with Gasteiger partial charge in [-0.15, -0.1) is 0 Å². The van der Waals surface area contributed by atoms with Crippen LogP contribution in [0.5, 0.6) is 0 Å². The van der Waals surface area contributed by atoms with E-state index in [0.29, 0.717) is 6.42 Å². The number of aliphatic hydroxyl groups is 8. The molecule has 0 spiro atoms. The lowest BCUT2D eigenvalue weighted by molar-refractivity contribution is -0.137. The van der Waals surface area contributed by atoms with Crippen molar-refractivity contribution in [3.8, 4) is 0 Å². The zero-order valence-electron chi connectivity index (χ0n) is 22.4. The van der Waals surface area contributed by atoms with Gasteiger partial charge in [0.2, 0.25) is 0 Å². The number of rotatable bonds is 22.